The Balaban J connectivity index is 1.75. The topological polar surface area (TPSA) is 38.1 Å². The standard InChI is InChI=1S/C21H23N3OS/c1-23-12-9-20(22-23)18-7-3-6-17-16(18)5-4-8-19(17)21(25)24(2)15-10-13-26-14-11-15/h3-9,12,15H,10-11,13-14H2,1-2H3. The van der Waals surface area contributed by atoms with Crippen molar-refractivity contribution in [2.24, 2.45) is 7.05 Å². The number of fused-ring (bicyclic) bond motifs is 1. The summed E-state index contributed by atoms with van der Waals surface area (Å²) in [5.74, 6) is 2.40. The smallest absolute Gasteiger partial charge is 0.254 e. The van der Waals surface area contributed by atoms with Crippen molar-refractivity contribution in [1.82, 2.24) is 14.7 Å². The molecule has 0 N–H and O–H groups in total. The Bertz CT molecular complexity index is 943. The lowest BCUT2D eigenvalue weighted by atomic mass is 9.97. The Hall–Kier alpha value is -2.27. The molecule has 0 radical (unpaired) electrons. The molecule has 1 amide bonds. The second-order valence-corrected chi connectivity index (χ2v) is 8.07. The van der Waals surface area contributed by atoms with E-state index < -0.39 is 0 Å². The average Bonchev–Trinajstić information content (AvgIpc) is 3.12. The maximum absolute atomic E-state index is 13.2. The van der Waals surface area contributed by atoms with Gasteiger partial charge in [-0.25, -0.2) is 0 Å². The summed E-state index contributed by atoms with van der Waals surface area (Å²) in [6.07, 6.45) is 4.10. The van der Waals surface area contributed by atoms with Crippen LogP contribution >= 0.6 is 11.8 Å². The fourth-order valence-corrected chi connectivity index (χ4v) is 4.79. The number of hydrogen-bond donors (Lipinski definition) is 0. The number of aryl methyl sites for hydroxylation is 1. The van der Waals surface area contributed by atoms with Crippen LogP contribution in [0.3, 0.4) is 0 Å². The van der Waals surface area contributed by atoms with Crippen LogP contribution in [-0.2, 0) is 7.05 Å². The molecule has 2 heterocycles. The monoisotopic (exact) mass is 365 g/mol. The predicted octanol–water partition coefficient (Wildman–Crippen LogP) is 4.21. The molecule has 0 saturated carbocycles. The Morgan fingerprint density at radius 1 is 1.12 bits per heavy atom. The van der Waals surface area contributed by atoms with Crippen LogP contribution in [0.1, 0.15) is 23.2 Å². The normalized spacial score (nSPS) is 15.3. The Morgan fingerprint density at radius 2 is 1.85 bits per heavy atom. The second kappa shape index (κ2) is 7.16. The molecule has 1 aliphatic heterocycles. The largest absolute Gasteiger partial charge is 0.339 e. The number of hydrogen-bond acceptors (Lipinski definition) is 3. The number of thioether (sulfide) groups is 1. The van der Waals surface area contributed by atoms with Gasteiger partial charge in [0.05, 0.1) is 5.69 Å². The Labute approximate surface area is 158 Å². The molecule has 0 bridgehead atoms. The van der Waals surface area contributed by atoms with Gasteiger partial charge in [-0.05, 0) is 47.3 Å². The first-order chi connectivity index (χ1) is 12.6. The number of carbonyl (C=O) groups excluding carboxylic acids is 1. The van der Waals surface area contributed by atoms with Crippen LogP contribution in [0.4, 0.5) is 0 Å². The predicted molar refractivity (Wildman–Crippen MR) is 109 cm³/mol. The molecular weight excluding hydrogens is 342 g/mol. The highest BCUT2D eigenvalue weighted by atomic mass is 32.2. The molecule has 0 aliphatic carbocycles. The van der Waals surface area contributed by atoms with Crippen molar-refractivity contribution in [3.8, 4) is 11.3 Å². The van der Waals surface area contributed by atoms with Crippen molar-refractivity contribution < 1.29 is 4.79 Å². The first-order valence-corrected chi connectivity index (χ1v) is 10.2. The molecule has 26 heavy (non-hydrogen) atoms. The summed E-state index contributed by atoms with van der Waals surface area (Å²) in [6.45, 7) is 0. The SMILES string of the molecule is CN(C(=O)c1cccc2c(-c3ccn(C)n3)cccc12)C1CCSCC1. The molecule has 1 aliphatic rings. The van der Waals surface area contributed by atoms with Crippen LogP contribution in [0.5, 0.6) is 0 Å². The summed E-state index contributed by atoms with van der Waals surface area (Å²) < 4.78 is 1.80. The Morgan fingerprint density at radius 3 is 2.58 bits per heavy atom. The molecule has 1 saturated heterocycles. The third kappa shape index (κ3) is 3.12. The minimum Gasteiger partial charge on any atom is -0.339 e. The van der Waals surface area contributed by atoms with E-state index in [0.29, 0.717) is 6.04 Å². The molecule has 0 unspecified atom stereocenters. The molecule has 1 fully saturated rings. The van der Waals surface area contributed by atoms with Crippen molar-refractivity contribution in [3.05, 3.63) is 54.2 Å². The van der Waals surface area contributed by atoms with E-state index in [0.717, 1.165) is 51.9 Å². The van der Waals surface area contributed by atoms with Gasteiger partial charge in [-0.3, -0.25) is 9.48 Å². The lowest BCUT2D eigenvalue weighted by Gasteiger charge is -2.31. The van der Waals surface area contributed by atoms with Crippen molar-refractivity contribution in [2.45, 2.75) is 18.9 Å². The van der Waals surface area contributed by atoms with Gasteiger partial charge in [-0.2, -0.15) is 16.9 Å². The van der Waals surface area contributed by atoms with Gasteiger partial charge in [0, 0.05) is 37.5 Å². The van der Waals surface area contributed by atoms with E-state index in [1.807, 2.05) is 67.3 Å². The molecule has 4 rings (SSSR count). The summed E-state index contributed by atoms with van der Waals surface area (Å²) in [6, 6.07) is 14.5. The quantitative estimate of drug-likeness (QED) is 0.698. The van der Waals surface area contributed by atoms with Crippen molar-refractivity contribution >= 4 is 28.4 Å². The van der Waals surface area contributed by atoms with Crippen LogP contribution in [-0.4, -0.2) is 45.2 Å². The molecule has 0 atom stereocenters. The number of nitrogens with zero attached hydrogens (tertiary/aromatic N) is 3. The summed E-state index contributed by atoms with van der Waals surface area (Å²) in [5, 5.41) is 6.60. The zero-order chi connectivity index (χ0) is 18.1. The highest BCUT2D eigenvalue weighted by Gasteiger charge is 2.24. The molecule has 5 heteroatoms. The van der Waals surface area contributed by atoms with Crippen LogP contribution in [0.2, 0.25) is 0 Å². The third-order valence-corrected chi connectivity index (χ3v) is 6.25. The van der Waals surface area contributed by atoms with Gasteiger partial charge in [-0.1, -0.05) is 30.3 Å². The van der Waals surface area contributed by atoms with E-state index in [9.17, 15) is 4.79 Å². The van der Waals surface area contributed by atoms with Crippen LogP contribution in [0.15, 0.2) is 48.7 Å². The van der Waals surface area contributed by atoms with Gasteiger partial charge < -0.3 is 4.90 Å². The Kier molecular flexibility index (Phi) is 4.72. The van der Waals surface area contributed by atoms with Crippen molar-refractivity contribution in [3.63, 3.8) is 0 Å². The highest BCUT2D eigenvalue weighted by molar-refractivity contribution is 7.99. The first kappa shape index (κ1) is 17.2. The van der Waals surface area contributed by atoms with E-state index in [1.54, 1.807) is 4.68 Å². The number of amides is 1. The minimum atomic E-state index is 0.116. The first-order valence-electron chi connectivity index (χ1n) is 9.02. The fraction of sp³-hybridized carbons (Fsp3) is 0.333. The zero-order valence-corrected chi connectivity index (χ0v) is 16.0. The van der Waals surface area contributed by atoms with Gasteiger partial charge in [0.15, 0.2) is 0 Å². The van der Waals surface area contributed by atoms with Gasteiger partial charge in [0.2, 0.25) is 0 Å². The summed E-state index contributed by atoms with van der Waals surface area (Å²) in [5.41, 5.74) is 2.77. The fourth-order valence-electron chi connectivity index (χ4n) is 3.71. The van der Waals surface area contributed by atoms with Crippen LogP contribution in [0, 0.1) is 0 Å². The molecule has 3 aromatic rings. The molecule has 4 nitrogen and oxygen atoms in total. The number of benzene rings is 2. The minimum absolute atomic E-state index is 0.116. The highest BCUT2D eigenvalue weighted by Crippen LogP contribution is 2.31. The molecule has 0 spiro atoms. The van der Waals surface area contributed by atoms with Gasteiger partial charge in [-0.15, -0.1) is 0 Å². The molecular formula is C21H23N3OS. The number of carbonyl (C=O) groups is 1. The number of aromatic nitrogens is 2. The molecule has 2 aromatic carbocycles. The maximum atomic E-state index is 13.2. The third-order valence-electron chi connectivity index (χ3n) is 5.20. The second-order valence-electron chi connectivity index (χ2n) is 6.84. The van der Waals surface area contributed by atoms with E-state index in [2.05, 4.69) is 17.2 Å². The lowest BCUT2D eigenvalue weighted by molar-refractivity contribution is 0.0725. The van der Waals surface area contributed by atoms with E-state index >= 15 is 0 Å². The van der Waals surface area contributed by atoms with Crippen LogP contribution in [0.25, 0.3) is 22.0 Å². The molecule has 1 aromatic heterocycles. The van der Waals surface area contributed by atoms with Crippen molar-refractivity contribution in [2.75, 3.05) is 18.6 Å². The van der Waals surface area contributed by atoms with Crippen LogP contribution < -0.4 is 0 Å². The van der Waals surface area contributed by atoms with Gasteiger partial charge >= 0.3 is 0 Å². The number of rotatable bonds is 3. The van der Waals surface area contributed by atoms with Gasteiger partial charge in [0.1, 0.15) is 0 Å². The summed E-state index contributed by atoms with van der Waals surface area (Å²) in [7, 11) is 3.87. The average molecular weight is 366 g/mol. The van der Waals surface area contributed by atoms with Gasteiger partial charge in [0.25, 0.3) is 5.91 Å². The zero-order valence-electron chi connectivity index (χ0n) is 15.2. The summed E-state index contributed by atoms with van der Waals surface area (Å²) in [4.78, 5) is 15.2. The molecule has 134 valence electrons. The van der Waals surface area contributed by atoms with E-state index in [1.165, 1.54) is 0 Å². The van der Waals surface area contributed by atoms with Crippen molar-refractivity contribution in [1.29, 1.82) is 0 Å². The van der Waals surface area contributed by atoms with E-state index in [-0.39, 0.29) is 5.91 Å². The maximum Gasteiger partial charge on any atom is 0.254 e. The summed E-state index contributed by atoms with van der Waals surface area (Å²) >= 11 is 1.98. The lowest BCUT2D eigenvalue weighted by Crippen LogP contribution is -2.39. The van der Waals surface area contributed by atoms with E-state index in [4.69, 9.17) is 0 Å².